The molecule has 0 aliphatic rings. The highest BCUT2D eigenvalue weighted by molar-refractivity contribution is 5.83. The van der Waals surface area contributed by atoms with Gasteiger partial charge in [0, 0.05) is 85.9 Å². The predicted molar refractivity (Wildman–Crippen MR) is 459 cm³/mol. The van der Waals surface area contributed by atoms with Crippen molar-refractivity contribution < 1.29 is 50.1 Å². The standard InChI is InChI=1S/2C31H31F2N7O4.C26H24F2N8O3/c2*1-5-7-21(41)16-19-10-12-20(13-11-19)40-25(18-37(2)3)28-29(36-40)38(17-22-23(32)8-6-9-24(22)33)31(43)39(30(28)42)26-14-15-27(44-4)35-34-26;1-33(2)14-20-23-24(32-36(20)16-9-7-15(29)8-10-16)34(13-17-18(27)5-4-6-19(17)28)26(38)35(25(23)37)21-11-12-22(39-3)31-30-21/h2*6,8-15H,5,7,16-18H2,1-4H3;4-12H,13-14,29H2,1-3H3. The van der Waals surface area contributed by atoms with Gasteiger partial charge in [-0.05, 0) is 169 Å². The summed E-state index contributed by atoms with van der Waals surface area (Å²) in [5.41, 5.74) is 4.93. The fourth-order valence-electron chi connectivity index (χ4n) is 14.2. The van der Waals surface area contributed by atoms with E-state index in [9.17, 15) is 64.7 Å². The van der Waals surface area contributed by atoms with E-state index in [1.165, 1.54) is 90.0 Å². The highest BCUT2D eigenvalue weighted by Crippen LogP contribution is 2.29. The highest BCUT2D eigenvalue weighted by Gasteiger charge is 2.31. The summed E-state index contributed by atoms with van der Waals surface area (Å²) in [5.74, 6) is -4.64. The summed E-state index contributed by atoms with van der Waals surface area (Å²) in [5, 5.41) is 37.8. The lowest BCUT2D eigenvalue weighted by molar-refractivity contribution is -0.119. The van der Waals surface area contributed by atoms with Gasteiger partial charge in [-0.3, -0.25) is 37.7 Å². The molecule has 0 amide bonds. The van der Waals surface area contributed by atoms with Crippen LogP contribution in [0.1, 0.15) is 84.4 Å². The zero-order chi connectivity index (χ0) is 90.9. The van der Waals surface area contributed by atoms with Gasteiger partial charge in [0.05, 0.1) is 75.1 Å². The van der Waals surface area contributed by atoms with Crippen LogP contribution in [-0.4, -0.2) is 177 Å². The Morgan fingerprint density at radius 1 is 0.362 bits per heavy atom. The molecular formula is C88H86F6N22O11. The first-order chi connectivity index (χ1) is 60.9. The van der Waals surface area contributed by atoms with Crippen LogP contribution in [0.2, 0.25) is 0 Å². The van der Waals surface area contributed by atoms with Crippen molar-refractivity contribution >= 4 is 50.4 Å². The van der Waals surface area contributed by atoms with Gasteiger partial charge in [0.1, 0.15) is 62.6 Å². The molecule has 0 unspecified atom stereocenters. The number of anilines is 1. The van der Waals surface area contributed by atoms with Crippen LogP contribution in [0.5, 0.6) is 17.6 Å². The number of aromatic nitrogens is 18. The maximum Gasteiger partial charge on any atom is 0.338 e. The normalized spacial score (nSPS) is 11.4. The number of rotatable bonds is 29. The van der Waals surface area contributed by atoms with Crippen LogP contribution in [-0.2, 0) is 61.7 Å². The zero-order valence-corrected chi connectivity index (χ0v) is 70.8. The summed E-state index contributed by atoms with van der Waals surface area (Å²) in [6.07, 6.45) is 3.10. The summed E-state index contributed by atoms with van der Waals surface area (Å²) < 4.78 is 114. The topological polar surface area (TPSA) is 360 Å². The first-order valence-electron chi connectivity index (χ1n) is 39.7. The van der Waals surface area contributed by atoms with Gasteiger partial charge in [-0.25, -0.2) is 68.5 Å². The molecule has 0 atom stereocenters. The van der Waals surface area contributed by atoms with E-state index in [-0.39, 0.29) is 116 Å². The van der Waals surface area contributed by atoms with Gasteiger partial charge in [-0.1, -0.05) is 56.3 Å². The predicted octanol–water partition coefficient (Wildman–Crippen LogP) is 8.98. The van der Waals surface area contributed by atoms with Crippen LogP contribution < -0.4 is 53.7 Å². The van der Waals surface area contributed by atoms with Gasteiger partial charge in [0.2, 0.25) is 17.6 Å². The van der Waals surface area contributed by atoms with Crippen molar-refractivity contribution in [1.29, 1.82) is 0 Å². The molecule has 0 radical (unpaired) electrons. The lowest BCUT2D eigenvalue weighted by Gasteiger charge is -2.14. The van der Waals surface area contributed by atoms with Crippen molar-refractivity contribution in [3.05, 3.63) is 306 Å². The molecule has 39 heteroatoms. The van der Waals surface area contributed by atoms with Gasteiger partial charge in [-0.2, -0.15) is 0 Å². The molecule has 656 valence electrons. The number of carbonyl (C=O) groups is 2. The Hall–Kier alpha value is -15.0. The molecule has 0 aliphatic heterocycles. The number of nitrogen functional groups attached to an aromatic ring is 1. The summed E-state index contributed by atoms with van der Waals surface area (Å²) in [6.45, 7) is 2.97. The molecule has 0 aliphatic carbocycles. The first kappa shape index (κ1) is 89.8. The number of nitrogens with two attached hydrogens (primary N) is 1. The number of methoxy groups -OCH3 is 3. The second-order valence-electron chi connectivity index (χ2n) is 30.2. The van der Waals surface area contributed by atoms with E-state index in [0.29, 0.717) is 65.5 Å². The second kappa shape index (κ2) is 38.8. The van der Waals surface area contributed by atoms with Crippen LogP contribution in [0.25, 0.3) is 67.6 Å². The van der Waals surface area contributed by atoms with E-state index in [1.807, 2.05) is 95.1 Å². The fraction of sp³-hybridized carbons (Fsp3) is 0.261. The van der Waals surface area contributed by atoms with Crippen molar-refractivity contribution in [2.75, 3.05) is 69.3 Å². The number of fused-ring (bicyclic) bond motifs is 3. The number of benzene rings is 6. The molecule has 0 bridgehead atoms. The lowest BCUT2D eigenvalue weighted by Crippen LogP contribution is -2.40. The number of halogens is 6. The van der Waals surface area contributed by atoms with E-state index >= 15 is 0 Å². The van der Waals surface area contributed by atoms with Crippen molar-refractivity contribution in [3.63, 3.8) is 0 Å². The third kappa shape index (κ3) is 19.1. The molecule has 127 heavy (non-hydrogen) atoms. The Morgan fingerprint density at radius 3 is 0.850 bits per heavy atom. The fourth-order valence-corrected chi connectivity index (χ4v) is 14.2. The molecule has 2 N–H and O–H groups in total. The molecule has 9 aromatic heterocycles. The van der Waals surface area contributed by atoms with Crippen LogP contribution in [0.4, 0.5) is 32.0 Å². The van der Waals surface area contributed by atoms with Gasteiger partial charge >= 0.3 is 17.1 Å². The van der Waals surface area contributed by atoms with E-state index in [4.69, 9.17) is 19.9 Å². The summed E-state index contributed by atoms with van der Waals surface area (Å²) >= 11 is 0. The number of carbonyl (C=O) groups excluding carboxylic acids is 2. The third-order valence-corrected chi connectivity index (χ3v) is 20.3. The second-order valence-corrected chi connectivity index (χ2v) is 30.2. The van der Waals surface area contributed by atoms with Crippen molar-refractivity contribution in [2.45, 2.75) is 91.6 Å². The summed E-state index contributed by atoms with van der Waals surface area (Å²) in [4.78, 5) is 114. The molecular weight excluding hydrogens is 1660 g/mol. The average Bonchev–Trinajstić information content (AvgIpc) is 1.60. The number of nitrogens with zero attached hydrogens (tertiary/aromatic N) is 21. The Kier molecular flexibility index (Phi) is 27.4. The van der Waals surface area contributed by atoms with Crippen LogP contribution in [0.15, 0.2) is 193 Å². The first-order valence-corrected chi connectivity index (χ1v) is 39.7. The summed E-state index contributed by atoms with van der Waals surface area (Å²) in [7, 11) is 15.1. The minimum absolute atomic E-state index is 0.0425. The number of hydrogen-bond donors (Lipinski definition) is 1. The SMILES string of the molecule is CCCC(=O)Cc1ccc(-n2nc3c(c2CN(C)C)c(=O)n(-c2ccc(OC)nn2)c(=O)n3Cc2c(F)cccc2F)cc1.CCCC(=O)Cc1ccc(-n2nc3c(c2CN(C)C)c(=O)n(-c2ccc(OC)nn2)c(=O)n3Cc2c(F)cccc2F)cc1.COc1ccc(-n2c(=O)c3c(CN(C)C)n(-c4ccc(N)cc4)nc3n(Cc3c(F)cccc3F)c2=O)nn1. The minimum Gasteiger partial charge on any atom is -0.480 e. The molecule has 6 aromatic carbocycles. The number of ether oxygens (including phenoxy) is 3. The van der Waals surface area contributed by atoms with E-state index in [1.54, 1.807) is 48.5 Å². The Balaban J connectivity index is 0.000000163. The maximum absolute atomic E-state index is 14.8. The van der Waals surface area contributed by atoms with Crippen molar-refractivity contribution in [3.8, 4) is 52.2 Å². The molecule has 9 heterocycles. The van der Waals surface area contributed by atoms with Gasteiger partial charge in [0.25, 0.3) is 16.7 Å². The van der Waals surface area contributed by atoms with Crippen molar-refractivity contribution in [2.24, 2.45) is 0 Å². The maximum atomic E-state index is 14.8. The summed E-state index contributed by atoms with van der Waals surface area (Å²) in [6, 6.07) is 39.8. The highest BCUT2D eigenvalue weighted by atomic mass is 19.2. The lowest BCUT2D eigenvalue weighted by atomic mass is 10.1. The molecule has 0 spiro atoms. The van der Waals surface area contributed by atoms with Gasteiger partial charge < -0.3 is 34.6 Å². The molecule has 0 saturated heterocycles. The minimum atomic E-state index is -0.907. The number of hydrogen-bond acceptors (Lipinski definition) is 24. The van der Waals surface area contributed by atoms with Crippen LogP contribution in [0, 0.1) is 34.9 Å². The van der Waals surface area contributed by atoms with Crippen LogP contribution >= 0.6 is 0 Å². The third-order valence-electron chi connectivity index (χ3n) is 20.3. The molecule has 0 saturated carbocycles. The largest absolute Gasteiger partial charge is 0.480 e. The molecule has 15 rings (SSSR count). The zero-order valence-electron chi connectivity index (χ0n) is 70.8. The van der Waals surface area contributed by atoms with E-state index in [0.717, 1.165) is 87.8 Å². The van der Waals surface area contributed by atoms with Gasteiger partial charge in [-0.15, -0.1) is 45.9 Å². The molecule has 33 nitrogen and oxygen atoms in total. The van der Waals surface area contributed by atoms with Crippen molar-refractivity contribution in [1.82, 2.24) is 102 Å². The van der Waals surface area contributed by atoms with Gasteiger partial charge in [0.15, 0.2) is 34.4 Å². The molecule has 0 fully saturated rings. The van der Waals surface area contributed by atoms with E-state index in [2.05, 4.69) is 45.9 Å². The Labute approximate surface area is 718 Å². The number of ketones is 2. The van der Waals surface area contributed by atoms with E-state index < -0.39 is 88.3 Å². The monoisotopic (exact) mass is 1740 g/mol. The van der Waals surface area contributed by atoms with Crippen LogP contribution in [0.3, 0.4) is 0 Å². The quantitative estimate of drug-likeness (QED) is 0.0337. The molecule has 15 aromatic rings. The smallest absolute Gasteiger partial charge is 0.338 e. The Bertz CT molecular complexity index is 6660. The average molecular weight is 1740 g/mol. The Morgan fingerprint density at radius 2 is 0.622 bits per heavy atom. The number of Topliss-reactive ketones (excluding diaryl/α,β-unsaturated/α-hetero) is 2.